The van der Waals surface area contributed by atoms with Crippen molar-refractivity contribution in [2.75, 3.05) is 13.1 Å². The van der Waals surface area contributed by atoms with Gasteiger partial charge in [0.05, 0.1) is 0 Å². The monoisotopic (exact) mass is 738 g/mol. The van der Waals surface area contributed by atoms with E-state index < -0.39 is 0 Å². The Balaban J connectivity index is 1.98. The van der Waals surface area contributed by atoms with Gasteiger partial charge in [0.15, 0.2) is 0 Å². The van der Waals surface area contributed by atoms with Crippen LogP contribution < -0.4 is 0 Å². The normalized spacial score (nSPS) is 11.4. The van der Waals surface area contributed by atoms with Gasteiger partial charge in [-0.2, -0.15) is 0 Å². The molecule has 0 saturated carbocycles. The molecule has 0 fully saturated rings. The summed E-state index contributed by atoms with van der Waals surface area (Å²) in [6.07, 6.45) is 56.3. The summed E-state index contributed by atoms with van der Waals surface area (Å²) in [6, 6.07) is 10.00. The summed E-state index contributed by atoms with van der Waals surface area (Å²) in [4.78, 5) is 15.5. The number of hydrogen-bond donors (Lipinski definition) is 0. The average molecular weight is 738 g/mol. The Labute approximate surface area is 334 Å². The molecule has 53 heavy (non-hydrogen) atoms. The van der Waals surface area contributed by atoms with Gasteiger partial charge in [0, 0.05) is 18.7 Å². The maximum Gasteiger partial charge on any atom is 0.253 e. The van der Waals surface area contributed by atoms with Crippen molar-refractivity contribution in [3.8, 4) is 0 Å². The van der Waals surface area contributed by atoms with Gasteiger partial charge in [-0.05, 0) is 25.0 Å². The molecule has 1 aromatic carbocycles. The molecule has 0 N–H and O–H groups in total. The van der Waals surface area contributed by atoms with Crippen LogP contribution in [-0.2, 0) is 0 Å². The van der Waals surface area contributed by atoms with E-state index in [4.69, 9.17) is 0 Å². The van der Waals surface area contributed by atoms with Crippen molar-refractivity contribution in [2.45, 2.75) is 271 Å². The second-order valence-electron chi connectivity index (χ2n) is 17.1. The summed E-state index contributed by atoms with van der Waals surface area (Å²) < 4.78 is 0. The number of carbonyl (C=O) groups is 1. The number of rotatable bonds is 43. The first-order valence-electron chi connectivity index (χ1n) is 24.6. The van der Waals surface area contributed by atoms with Gasteiger partial charge in [-0.25, -0.2) is 0 Å². The van der Waals surface area contributed by atoms with Gasteiger partial charge in [0.25, 0.3) is 5.91 Å². The van der Waals surface area contributed by atoms with Gasteiger partial charge < -0.3 is 4.90 Å². The predicted octanol–water partition coefficient (Wildman–Crippen LogP) is 17.8. The third-order valence-electron chi connectivity index (χ3n) is 11.9. The molecule has 0 unspecified atom stereocenters. The number of benzene rings is 1. The fraction of sp³-hybridized carbons (Fsp3) is 0.863. The van der Waals surface area contributed by atoms with Gasteiger partial charge in [-0.3, -0.25) is 4.79 Å². The van der Waals surface area contributed by atoms with Crippen LogP contribution in [0.1, 0.15) is 281 Å². The van der Waals surface area contributed by atoms with Crippen LogP contribution in [0.2, 0.25) is 0 Å². The van der Waals surface area contributed by atoms with Crippen molar-refractivity contribution < 1.29 is 4.79 Å². The van der Waals surface area contributed by atoms with Gasteiger partial charge in [0.2, 0.25) is 0 Å². The van der Waals surface area contributed by atoms with Crippen LogP contribution in [0, 0.1) is 0 Å². The predicted molar refractivity (Wildman–Crippen MR) is 238 cm³/mol. The summed E-state index contributed by atoms with van der Waals surface area (Å²) in [5.74, 6) is 0.237. The summed E-state index contributed by atoms with van der Waals surface area (Å²) in [5, 5.41) is 0. The lowest BCUT2D eigenvalue weighted by molar-refractivity contribution is 0.0749. The Morgan fingerprint density at radius 3 is 0.755 bits per heavy atom. The van der Waals surface area contributed by atoms with Crippen LogP contribution in [0.5, 0.6) is 0 Å². The maximum absolute atomic E-state index is 13.3. The Bertz CT molecular complexity index is 792. The van der Waals surface area contributed by atoms with E-state index in [1.807, 2.05) is 30.3 Å². The molecule has 0 radical (unpaired) electrons. The van der Waals surface area contributed by atoms with E-state index in [2.05, 4.69) is 18.7 Å². The highest BCUT2D eigenvalue weighted by molar-refractivity contribution is 5.94. The number of amides is 1. The highest BCUT2D eigenvalue weighted by Gasteiger charge is 2.14. The second-order valence-corrected chi connectivity index (χ2v) is 17.1. The molecule has 0 heterocycles. The first kappa shape index (κ1) is 49.7. The summed E-state index contributed by atoms with van der Waals surface area (Å²) in [5.41, 5.74) is 0.855. The Hall–Kier alpha value is -1.31. The molecule has 2 nitrogen and oxygen atoms in total. The number of nitrogens with zero attached hydrogens (tertiary/aromatic N) is 1. The van der Waals surface area contributed by atoms with E-state index in [-0.39, 0.29) is 5.91 Å². The van der Waals surface area contributed by atoms with Gasteiger partial charge >= 0.3 is 0 Å². The van der Waals surface area contributed by atoms with Crippen LogP contribution in [0.15, 0.2) is 30.3 Å². The Morgan fingerprint density at radius 1 is 0.321 bits per heavy atom. The van der Waals surface area contributed by atoms with E-state index in [0.29, 0.717) is 0 Å². The van der Waals surface area contributed by atoms with Crippen LogP contribution in [0.4, 0.5) is 0 Å². The van der Waals surface area contributed by atoms with E-state index >= 15 is 0 Å². The van der Waals surface area contributed by atoms with Crippen molar-refractivity contribution in [3.63, 3.8) is 0 Å². The molecule has 0 spiro atoms. The standard InChI is InChI=1S/C51H95NO/c1-3-5-7-9-11-13-15-17-19-21-23-25-27-29-31-33-35-37-39-44-48-52(51(53)50-46-42-41-43-47-50)49-45-40-38-36-34-32-30-28-26-24-22-20-18-16-14-12-10-8-6-4-2/h41-43,46-47H,3-40,44-45,48-49H2,1-2H3. The molecule has 1 aromatic rings. The summed E-state index contributed by atoms with van der Waals surface area (Å²) in [7, 11) is 0. The lowest BCUT2D eigenvalue weighted by Crippen LogP contribution is -2.33. The number of hydrogen-bond acceptors (Lipinski definition) is 1. The SMILES string of the molecule is CCCCCCCCCCCCCCCCCCCCCCN(CCCCCCCCCCCCCCCCCCCCCC)C(=O)c1ccccc1. The second kappa shape index (κ2) is 41.8. The van der Waals surface area contributed by atoms with Crippen LogP contribution >= 0.6 is 0 Å². The first-order chi connectivity index (χ1) is 26.3. The smallest absolute Gasteiger partial charge is 0.253 e. The number of unbranched alkanes of at least 4 members (excludes halogenated alkanes) is 38. The fourth-order valence-electron chi connectivity index (χ4n) is 8.19. The minimum absolute atomic E-state index is 0.237. The van der Waals surface area contributed by atoms with Gasteiger partial charge in [0.1, 0.15) is 0 Å². The molecule has 0 aromatic heterocycles. The quantitative estimate of drug-likeness (QED) is 0.0611. The molecule has 1 rings (SSSR count). The first-order valence-corrected chi connectivity index (χ1v) is 24.6. The zero-order valence-corrected chi connectivity index (χ0v) is 36.4. The highest BCUT2D eigenvalue weighted by Crippen LogP contribution is 2.18. The molecule has 0 bridgehead atoms. The molecule has 0 aliphatic carbocycles. The van der Waals surface area contributed by atoms with Crippen molar-refractivity contribution >= 4 is 5.91 Å². The molecule has 1 amide bonds. The van der Waals surface area contributed by atoms with Crippen LogP contribution in [0.25, 0.3) is 0 Å². The van der Waals surface area contributed by atoms with Crippen molar-refractivity contribution in [2.24, 2.45) is 0 Å². The minimum atomic E-state index is 0.237. The molecule has 0 atom stereocenters. The highest BCUT2D eigenvalue weighted by atomic mass is 16.2. The minimum Gasteiger partial charge on any atom is -0.339 e. The lowest BCUT2D eigenvalue weighted by atomic mass is 10.0. The number of carbonyl (C=O) groups excluding carboxylic acids is 1. The summed E-state index contributed by atoms with van der Waals surface area (Å²) >= 11 is 0. The van der Waals surface area contributed by atoms with Crippen LogP contribution in [0.3, 0.4) is 0 Å². The third kappa shape index (κ3) is 34.9. The molecular weight excluding hydrogens is 643 g/mol. The molecule has 0 saturated heterocycles. The van der Waals surface area contributed by atoms with Gasteiger partial charge in [-0.1, -0.05) is 276 Å². The maximum atomic E-state index is 13.3. The zero-order chi connectivity index (χ0) is 38.0. The topological polar surface area (TPSA) is 20.3 Å². The molecule has 0 aliphatic rings. The van der Waals surface area contributed by atoms with E-state index in [1.165, 1.54) is 244 Å². The Kier molecular flexibility index (Phi) is 39.2. The largest absolute Gasteiger partial charge is 0.339 e. The molecule has 310 valence electrons. The lowest BCUT2D eigenvalue weighted by Gasteiger charge is -2.23. The average Bonchev–Trinajstić information content (AvgIpc) is 3.18. The van der Waals surface area contributed by atoms with Crippen LogP contribution in [-0.4, -0.2) is 23.9 Å². The fourth-order valence-corrected chi connectivity index (χ4v) is 8.19. The third-order valence-corrected chi connectivity index (χ3v) is 11.9. The Morgan fingerprint density at radius 2 is 0.528 bits per heavy atom. The van der Waals surface area contributed by atoms with E-state index in [9.17, 15) is 4.79 Å². The summed E-state index contributed by atoms with van der Waals surface area (Å²) in [6.45, 7) is 6.45. The molecule has 2 heteroatoms. The molecular formula is C51H95NO. The molecule has 0 aliphatic heterocycles. The van der Waals surface area contributed by atoms with Gasteiger partial charge in [-0.15, -0.1) is 0 Å². The van der Waals surface area contributed by atoms with E-state index in [0.717, 1.165) is 31.5 Å². The van der Waals surface area contributed by atoms with Crippen molar-refractivity contribution in [1.29, 1.82) is 0 Å². The zero-order valence-electron chi connectivity index (χ0n) is 36.4. The van der Waals surface area contributed by atoms with E-state index in [1.54, 1.807) is 0 Å². The van der Waals surface area contributed by atoms with Crippen molar-refractivity contribution in [3.05, 3.63) is 35.9 Å². The van der Waals surface area contributed by atoms with Crippen molar-refractivity contribution in [1.82, 2.24) is 4.90 Å².